The van der Waals surface area contributed by atoms with E-state index < -0.39 is 0 Å². The Hall–Kier alpha value is -1.26. The van der Waals surface area contributed by atoms with Crippen LogP contribution in [0.25, 0.3) is 0 Å². The molecule has 3 aliphatic heterocycles. The first kappa shape index (κ1) is 17.8. The molecule has 0 radical (unpaired) electrons. The van der Waals surface area contributed by atoms with Crippen molar-refractivity contribution in [3.05, 3.63) is 28.3 Å². The lowest BCUT2D eigenvalue weighted by atomic mass is 9.82. The van der Waals surface area contributed by atoms with Gasteiger partial charge < -0.3 is 15.0 Å². The monoisotopic (exact) mass is 388 g/mol. The summed E-state index contributed by atoms with van der Waals surface area (Å²) in [6.07, 6.45) is 10.3. The van der Waals surface area contributed by atoms with Crippen LogP contribution in [0.5, 0.6) is 5.75 Å². The maximum atomic E-state index is 13.2. The quantitative estimate of drug-likeness (QED) is 0.825. The molecular formula is C22H29ClN2O2. The summed E-state index contributed by atoms with van der Waals surface area (Å²) in [5.74, 6) is 1.36. The fourth-order valence-corrected chi connectivity index (χ4v) is 6.00. The summed E-state index contributed by atoms with van der Waals surface area (Å²) in [5, 5.41) is 3.98. The van der Waals surface area contributed by atoms with E-state index in [1.807, 2.05) is 6.07 Å². The lowest BCUT2D eigenvalue weighted by Crippen LogP contribution is -2.53. The standard InChI is InChI=1S/C22H29ClN2O2/c23-17-11-16-13-22(7-2-1-3-8-22)27-20(16)18(12-17)21(26)24-19-6-10-25-9-4-5-15(19)14-25/h11-12,15,19H,1-10,13-14H2,(H,24,26). The third-order valence-electron chi connectivity index (χ3n) is 7.16. The number of amides is 1. The smallest absolute Gasteiger partial charge is 0.255 e. The van der Waals surface area contributed by atoms with Crippen LogP contribution < -0.4 is 10.1 Å². The molecule has 4 nitrogen and oxygen atoms in total. The van der Waals surface area contributed by atoms with E-state index in [0.29, 0.717) is 16.5 Å². The number of carbonyl (C=O) groups excluding carboxylic acids is 1. The number of fused-ring (bicyclic) bond motifs is 3. The van der Waals surface area contributed by atoms with E-state index in [1.165, 1.54) is 38.6 Å². The molecular weight excluding hydrogens is 360 g/mol. The van der Waals surface area contributed by atoms with Gasteiger partial charge in [0.05, 0.1) is 5.56 Å². The second-order valence-electron chi connectivity index (χ2n) is 9.04. The van der Waals surface area contributed by atoms with E-state index >= 15 is 0 Å². The fourth-order valence-electron chi connectivity index (χ4n) is 5.76. The highest BCUT2D eigenvalue weighted by molar-refractivity contribution is 6.31. The Labute approximate surface area is 166 Å². The van der Waals surface area contributed by atoms with Crippen LogP contribution in [0, 0.1) is 5.92 Å². The summed E-state index contributed by atoms with van der Waals surface area (Å²) in [6, 6.07) is 4.07. The minimum atomic E-state index is -0.102. The van der Waals surface area contributed by atoms with Gasteiger partial charge in [0.25, 0.3) is 5.91 Å². The predicted molar refractivity (Wildman–Crippen MR) is 107 cm³/mol. The first-order valence-electron chi connectivity index (χ1n) is 10.7. The van der Waals surface area contributed by atoms with Gasteiger partial charge in [0, 0.05) is 36.1 Å². The van der Waals surface area contributed by atoms with Gasteiger partial charge in [-0.1, -0.05) is 18.0 Å². The summed E-state index contributed by atoms with van der Waals surface area (Å²) < 4.78 is 6.49. The first-order chi connectivity index (χ1) is 13.1. The molecule has 2 saturated heterocycles. The van der Waals surface area contributed by atoms with Crippen LogP contribution in [0.15, 0.2) is 12.1 Å². The van der Waals surface area contributed by atoms with Gasteiger partial charge in [0.1, 0.15) is 11.4 Å². The lowest BCUT2D eigenvalue weighted by molar-refractivity contribution is 0.0511. The number of carbonyl (C=O) groups is 1. The number of hydrogen-bond acceptors (Lipinski definition) is 3. The van der Waals surface area contributed by atoms with Gasteiger partial charge in [0.15, 0.2) is 0 Å². The first-order valence-corrected chi connectivity index (χ1v) is 11.0. The number of rotatable bonds is 2. The molecule has 1 aliphatic carbocycles. The summed E-state index contributed by atoms with van der Waals surface area (Å²) in [6.45, 7) is 3.43. The van der Waals surface area contributed by atoms with Crippen molar-refractivity contribution in [3.63, 3.8) is 0 Å². The van der Waals surface area contributed by atoms with Gasteiger partial charge in [-0.3, -0.25) is 4.79 Å². The van der Waals surface area contributed by atoms with Crippen molar-refractivity contribution < 1.29 is 9.53 Å². The Kier molecular flexibility index (Phi) is 4.60. The predicted octanol–water partition coefficient (Wildman–Crippen LogP) is 4.19. The molecule has 1 aromatic carbocycles. The van der Waals surface area contributed by atoms with Gasteiger partial charge in [0.2, 0.25) is 0 Å². The highest BCUT2D eigenvalue weighted by Gasteiger charge is 2.42. The molecule has 0 aromatic heterocycles. The van der Waals surface area contributed by atoms with Crippen molar-refractivity contribution in [2.45, 2.75) is 69.4 Å². The molecule has 3 fully saturated rings. The van der Waals surface area contributed by atoms with E-state index in [-0.39, 0.29) is 17.6 Å². The second-order valence-corrected chi connectivity index (χ2v) is 9.47. The summed E-state index contributed by atoms with van der Waals surface area (Å²) in [4.78, 5) is 15.7. The highest BCUT2D eigenvalue weighted by atomic mass is 35.5. The number of nitrogens with zero attached hydrogens (tertiary/aromatic N) is 1. The van der Waals surface area contributed by atoms with Crippen LogP contribution in [0.4, 0.5) is 0 Å². The Morgan fingerprint density at radius 3 is 2.85 bits per heavy atom. The number of hydrogen-bond donors (Lipinski definition) is 1. The fraction of sp³-hybridized carbons (Fsp3) is 0.682. The normalized spacial score (nSPS) is 31.2. The van der Waals surface area contributed by atoms with Gasteiger partial charge in [-0.05, 0) is 69.5 Å². The molecule has 2 bridgehead atoms. The zero-order valence-electron chi connectivity index (χ0n) is 15.9. The molecule has 1 N–H and O–H groups in total. The van der Waals surface area contributed by atoms with Crippen molar-refractivity contribution in [1.82, 2.24) is 10.2 Å². The Balaban J connectivity index is 1.37. The van der Waals surface area contributed by atoms with Crippen molar-refractivity contribution >= 4 is 17.5 Å². The molecule has 1 amide bonds. The topological polar surface area (TPSA) is 41.6 Å². The molecule has 5 heteroatoms. The minimum Gasteiger partial charge on any atom is -0.486 e. The number of benzene rings is 1. The van der Waals surface area contributed by atoms with Crippen LogP contribution in [-0.4, -0.2) is 42.1 Å². The van der Waals surface area contributed by atoms with Crippen molar-refractivity contribution in [2.24, 2.45) is 5.92 Å². The van der Waals surface area contributed by atoms with E-state index in [0.717, 1.165) is 50.1 Å². The lowest BCUT2D eigenvalue weighted by Gasteiger charge is -2.42. The number of nitrogens with one attached hydrogen (secondary N) is 1. The summed E-state index contributed by atoms with van der Waals surface area (Å²) in [5.41, 5.74) is 1.65. The van der Waals surface area contributed by atoms with Crippen molar-refractivity contribution in [2.75, 3.05) is 19.6 Å². The second kappa shape index (κ2) is 6.97. The van der Waals surface area contributed by atoms with Gasteiger partial charge in [-0.2, -0.15) is 0 Å². The van der Waals surface area contributed by atoms with Crippen molar-refractivity contribution in [3.8, 4) is 5.75 Å². The molecule has 1 saturated carbocycles. The summed E-state index contributed by atoms with van der Waals surface area (Å²) >= 11 is 6.38. The van der Waals surface area contributed by atoms with Gasteiger partial charge in [-0.15, -0.1) is 0 Å². The molecule has 3 unspecified atom stereocenters. The molecule has 3 atom stereocenters. The van der Waals surface area contributed by atoms with Crippen LogP contribution in [0.3, 0.4) is 0 Å². The number of piperidine rings is 2. The Morgan fingerprint density at radius 2 is 2.00 bits per heavy atom. The molecule has 5 rings (SSSR count). The van der Waals surface area contributed by atoms with Crippen LogP contribution in [0.2, 0.25) is 5.02 Å². The number of ether oxygens (including phenoxy) is 1. The third-order valence-corrected chi connectivity index (χ3v) is 7.37. The van der Waals surface area contributed by atoms with Gasteiger partial charge >= 0.3 is 0 Å². The zero-order valence-corrected chi connectivity index (χ0v) is 16.7. The van der Waals surface area contributed by atoms with Gasteiger partial charge in [-0.25, -0.2) is 0 Å². The molecule has 4 aliphatic rings. The minimum absolute atomic E-state index is 0.00867. The molecule has 27 heavy (non-hydrogen) atoms. The van der Waals surface area contributed by atoms with Crippen LogP contribution in [0.1, 0.15) is 67.3 Å². The van der Waals surface area contributed by atoms with Crippen molar-refractivity contribution in [1.29, 1.82) is 0 Å². The largest absolute Gasteiger partial charge is 0.486 e. The third kappa shape index (κ3) is 3.36. The van der Waals surface area contributed by atoms with Crippen LogP contribution >= 0.6 is 11.6 Å². The zero-order chi connectivity index (χ0) is 18.4. The SMILES string of the molecule is O=C(NC1CCN2CCCC1C2)c1cc(Cl)cc2c1OC1(CCCCC1)C2. The number of halogens is 1. The maximum Gasteiger partial charge on any atom is 0.255 e. The Morgan fingerprint density at radius 1 is 1.15 bits per heavy atom. The maximum absolute atomic E-state index is 13.2. The van der Waals surface area contributed by atoms with E-state index in [4.69, 9.17) is 16.3 Å². The van der Waals surface area contributed by atoms with E-state index in [1.54, 1.807) is 6.07 Å². The van der Waals surface area contributed by atoms with E-state index in [9.17, 15) is 4.79 Å². The summed E-state index contributed by atoms with van der Waals surface area (Å²) in [7, 11) is 0. The Bertz CT molecular complexity index is 744. The van der Waals surface area contributed by atoms with E-state index in [2.05, 4.69) is 10.2 Å². The molecule has 1 aromatic rings. The van der Waals surface area contributed by atoms with Crippen LogP contribution in [-0.2, 0) is 6.42 Å². The average Bonchev–Trinajstić information content (AvgIpc) is 3.01. The highest BCUT2D eigenvalue weighted by Crippen LogP contribution is 2.46. The average molecular weight is 389 g/mol. The molecule has 146 valence electrons. The molecule has 3 heterocycles. The molecule has 1 spiro atoms.